The van der Waals surface area contributed by atoms with Crippen molar-refractivity contribution in [3.63, 3.8) is 0 Å². The molecule has 27 heavy (non-hydrogen) atoms. The number of nitrogens with one attached hydrogen (secondary N) is 1. The number of aromatic nitrogens is 2. The van der Waals surface area contributed by atoms with Crippen molar-refractivity contribution in [1.82, 2.24) is 14.7 Å². The Kier molecular flexibility index (Phi) is 4.19. The number of phenols is 1. The van der Waals surface area contributed by atoms with Crippen LogP contribution in [0.5, 0.6) is 5.75 Å². The minimum absolute atomic E-state index is 0.0192. The fraction of sp³-hybridized carbons (Fsp3) is 0.316. The van der Waals surface area contributed by atoms with Crippen LogP contribution in [0.2, 0.25) is 0 Å². The zero-order chi connectivity index (χ0) is 19.1. The smallest absolute Gasteiger partial charge is 0.293 e. The summed E-state index contributed by atoms with van der Waals surface area (Å²) in [5.41, 5.74) is 3.43. The van der Waals surface area contributed by atoms with Gasteiger partial charge in [0.2, 0.25) is 0 Å². The third kappa shape index (κ3) is 2.78. The lowest BCUT2D eigenvalue weighted by Gasteiger charge is -2.18. The number of rotatable bonds is 6. The van der Waals surface area contributed by atoms with Crippen molar-refractivity contribution >= 4 is 28.0 Å². The Morgan fingerprint density at radius 3 is 2.74 bits per heavy atom. The molecule has 8 nitrogen and oxygen atoms in total. The zero-order valence-corrected chi connectivity index (χ0v) is 15.3. The maximum atomic E-state index is 11.5. The highest BCUT2D eigenvalue weighted by molar-refractivity contribution is 6.12. The molecule has 0 fully saturated rings. The average molecular weight is 367 g/mol. The lowest BCUT2D eigenvalue weighted by Crippen LogP contribution is -2.27. The van der Waals surface area contributed by atoms with E-state index in [1.165, 1.54) is 6.07 Å². The molecule has 140 valence electrons. The second-order valence-electron chi connectivity index (χ2n) is 6.56. The van der Waals surface area contributed by atoms with Gasteiger partial charge in [-0.15, -0.1) is 0 Å². The van der Waals surface area contributed by atoms with Gasteiger partial charge in [0, 0.05) is 23.9 Å². The summed E-state index contributed by atoms with van der Waals surface area (Å²) in [5, 5.41) is 30.1. The van der Waals surface area contributed by atoms with Crippen LogP contribution in [0.1, 0.15) is 13.8 Å². The van der Waals surface area contributed by atoms with Crippen LogP contribution in [-0.4, -0.2) is 44.3 Å². The Labute approximate surface area is 156 Å². The molecule has 0 unspecified atom stereocenters. The quantitative estimate of drug-likeness (QED) is 0.306. The molecule has 1 aliphatic rings. The lowest BCUT2D eigenvalue weighted by atomic mass is 9.99. The molecule has 2 N–H and O–H groups in total. The SMILES string of the molecule is CCN(CC)CCn1nc2c3c(c([N+](=O)[O-])ccc31)Nc1ccc(O)cc1-2. The molecule has 0 amide bonds. The van der Waals surface area contributed by atoms with Crippen LogP contribution in [0, 0.1) is 10.1 Å². The van der Waals surface area contributed by atoms with Gasteiger partial charge in [-0.3, -0.25) is 14.8 Å². The normalized spacial score (nSPS) is 12.3. The van der Waals surface area contributed by atoms with Crippen LogP contribution >= 0.6 is 0 Å². The molecule has 2 heterocycles. The molecule has 2 aromatic carbocycles. The van der Waals surface area contributed by atoms with E-state index in [2.05, 4.69) is 24.1 Å². The van der Waals surface area contributed by atoms with Gasteiger partial charge >= 0.3 is 0 Å². The number of nitro groups is 1. The standard InChI is InChI=1S/C19H21N5O3/c1-3-22(4-2)9-10-23-15-7-8-16(24(26)27)19-17(15)18(21-23)13-11-12(25)5-6-14(13)20-19/h5-8,11,20,25H,3-4,9-10H2,1-2H3. The van der Waals surface area contributed by atoms with Crippen molar-refractivity contribution in [2.75, 3.05) is 25.0 Å². The molecule has 0 atom stereocenters. The fourth-order valence-corrected chi connectivity index (χ4v) is 3.65. The predicted octanol–water partition coefficient (Wildman–Crippen LogP) is 3.72. The zero-order valence-electron chi connectivity index (χ0n) is 15.3. The molecule has 8 heteroatoms. The first kappa shape index (κ1) is 17.3. The van der Waals surface area contributed by atoms with Gasteiger partial charge in [0.1, 0.15) is 17.1 Å². The Balaban J connectivity index is 1.90. The number of phenolic OH excluding ortho intramolecular Hbond substituents is 1. The van der Waals surface area contributed by atoms with E-state index in [0.29, 0.717) is 23.6 Å². The molecule has 3 aromatic rings. The second kappa shape index (κ2) is 6.55. The van der Waals surface area contributed by atoms with Crippen molar-refractivity contribution in [2.24, 2.45) is 0 Å². The van der Waals surface area contributed by atoms with E-state index >= 15 is 0 Å². The monoisotopic (exact) mass is 367 g/mol. The van der Waals surface area contributed by atoms with Crippen molar-refractivity contribution in [1.29, 1.82) is 0 Å². The third-order valence-corrected chi connectivity index (χ3v) is 5.13. The largest absolute Gasteiger partial charge is 0.508 e. The summed E-state index contributed by atoms with van der Waals surface area (Å²) in [7, 11) is 0. The summed E-state index contributed by atoms with van der Waals surface area (Å²) < 4.78 is 1.90. The molecular weight excluding hydrogens is 346 g/mol. The van der Waals surface area contributed by atoms with E-state index in [1.54, 1.807) is 24.3 Å². The van der Waals surface area contributed by atoms with Crippen LogP contribution in [0.3, 0.4) is 0 Å². The van der Waals surface area contributed by atoms with Gasteiger partial charge in [-0.2, -0.15) is 5.10 Å². The van der Waals surface area contributed by atoms with Gasteiger partial charge in [0.15, 0.2) is 0 Å². The third-order valence-electron chi connectivity index (χ3n) is 5.13. The van der Waals surface area contributed by atoms with E-state index in [0.717, 1.165) is 36.1 Å². The highest BCUT2D eigenvalue weighted by atomic mass is 16.6. The van der Waals surface area contributed by atoms with Gasteiger partial charge in [-0.05, 0) is 37.4 Å². The Bertz CT molecular complexity index is 1040. The fourth-order valence-electron chi connectivity index (χ4n) is 3.65. The number of fused-ring (bicyclic) bond motifs is 2. The van der Waals surface area contributed by atoms with Gasteiger partial charge in [-0.1, -0.05) is 13.8 Å². The lowest BCUT2D eigenvalue weighted by molar-refractivity contribution is -0.383. The number of aromatic hydroxyl groups is 1. The molecule has 1 aliphatic heterocycles. The number of likely N-dealkylation sites (N-methyl/N-ethyl adjacent to an activating group) is 1. The van der Waals surface area contributed by atoms with E-state index < -0.39 is 0 Å². The molecule has 0 spiro atoms. The number of nitro benzene ring substituents is 1. The van der Waals surface area contributed by atoms with Crippen LogP contribution in [-0.2, 0) is 6.54 Å². The van der Waals surface area contributed by atoms with E-state index in [9.17, 15) is 15.2 Å². The Hall–Kier alpha value is -3.13. The van der Waals surface area contributed by atoms with Crippen LogP contribution < -0.4 is 5.32 Å². The molecule has 0 bridgehead atoms. The van der Waals surface area contributed by atoms with Crippen LogP contribution in [0.15, 0.2) is 30.3 Å². The molecule has 0 saturated carbocycles. The summed E-state index contributed by atoms with van der Waals surface area (Å²) in [6.07, 6.45) is 0. The maximum Gasteiger partial charge on any atom is 0.293 e. The molecule has 1 aromatic heterocycles. The number of anilines is 2. The topological polar surface area (TPSA) is 96.5 Å². The predicted molar refractivity (Wildman–Crippen MR) is 105 cm³/mol. The van der Waals surface area contributed by atoms with Gasteiger partial charge in [-0.25, -0.2) is 0 Å². The van der Waals surface area contributed by atoms with Gasteiger partial charge in [0.05, 0.1) is 22.4 Å². The summed E-state index contributed by atoms with van der Waals surface area (Å²) in [5.74, 6) is 0.135. The van der Waals surface area contributed by atoms with Crippen molar-refractivity contribution < 1.29 is 10.0 Å². The Morgan fingerprint density at radius 1 is 1.26 bits per heavy atom. The molecule has 4 rings (SSSR count). The first-order valence-corrected chi connectivity index (χ1v) is 9.04. The van der Waals surface area contributed by atoms with E-state index in [1.807, 2.05) is 4.68 Å². The minimum Gasteiger partial charge on any atom is -0.508 e. The van der Waals surface area contributed by atoms with Crippen molar-refractivity contribution in [3.8, 4) is 17.0 Å². The van der Waals surface area contributed by atoms with Crippen LogP contribution in [0.4, 0.5) is 17.1 Å². The highest BCUT2D eigenvalue weighted by Crippen LogP contribution is 2.47. The Morgan fingerprint density at radius 2 is 2.04 bits per heavy atom. The van der Waals surface area contributed by atoms with Crippen LogP contribution in [0.25, 0.3) is 22.2 Å². The van der Waals surface area contributed by atoms with Crippen molar-refractivity contribution in [3.05, 3.63) is 40.4 Å². The van der Waals surface area contributed by atoms with E-state index in [-0.39, 0.29) is 16.4 Å². The number of hydrogen-bond acceptors (Lipinski definition) is 6. The minimum atomic E-state index is -0.385. The molecule has 0 saturated heterocycles. The number of nitrogens with zero attached hydrogens (tertiary/aromatic N) is 4. The summed E-state index contributed by atoms with van der Waals surface area (Å²) >= 11 is 0. The van der Waals surface area contributed by atoms with Gasteiger partial charge < -0.3 is 15.3 Å². The number of benzene rings is 2. The molecular formula is C19H21N5O3. The second-order valence-corrected chi connectivity index (χ2v) is 6.56. The molecule has 0 radical (unpaired) electrons. The summed E-state index contributed by atoms with van der Waals surface area (Å²) in [6, 6.07) is 8.19. The molecule has 0 aliphatic carbocycles. The highest BCUT2D eigenvalue weighted by Gasteiger charge is 2.29. The summed E-state index contributed by atoms with van der Waals surface area (Å²) in [4.78, 5) is 13.4. The van der Waals surface area contributed by atoms with Crippen molar-refractivity contribution in [2.45, 2.75) is 20.4 Å². The summed E-state index contributed by atoms with van der Waals surface area (Å²) in [6.45, 7) is 7.68. The number of hydrogen-bond donors (Lipinski definition) is 2. The van der Waals surface area contributed by atoms with Gasteiger partial charge in [0.25, 0.3) is 5.69 Å². The van der Waals surface area contributed by atoms with E-state index in [4.69, 9.17) is 5.10 Å². The first-order chi connectivity index (χ1) is 13.0. The first-order valence-electron chi connectivity index (χ1n) is 9.04. The average Bonchev–Trinajstić information content (AvgIpc) is 3.03. The maximum absolute atomic E-state index is 11.5.